The molecule has 7 heteroatoms. The van der Waals surface area contributed by atoms with Crippen LogP contribution in [0.15, 0.2) is 22.7 Å². The molecule has 0 saturated heterocycles. The molecule has 1 aromatic carbocycles. The smallest absolute Gasteiger partial charge is 0.251 e. The molecule has 2 rings (SSSR count). The van der Waals surface area contributed by atoms with E-state index in [1.54, 1.807) is 13.0 Å². The summed E-state index contributed by atoms with van der Waals surface area (Å²) < 4.78 is 4.92. The second-order valence-electron chi connectivity index (χ2n) is 4.01. The van der Waals surface area contributed by atoms with Gasteiger partial charge in [-0.05, 0) is 25.1 Å². The Morgan fingerprint density at radius 2 is 2.32 bits per heavy atom. The van der Waals surface area contributed by atoms with Gasteiger partial charge >= 0.3 is 0 Å². The number of amides is 1. The predicted octanol–water partition coefficient (Wildman–Crippen LogP) is 0.638. The first-order valence-corrected chi connectivity index (χ1v) is 5.72. The van der Waals surface area contributed by atoms with Crippen molar-refractivity contribution in [2.75, 3.05) is 12.3 Å². The van der Waals surface area contributed by atoms with Gasteiger partial charge in [-0.2, -0.15) is 4.98 Å². The Balaban J connectivity index is 1.89. The number of nitrogen functional groups attached to an aromatic ring is 1. The van der Waals surface area contributed by atoms with Crippen molar-refractivity contribution in [2.45, 2.75) is 13.3 Å². The molecule has 19 heavy (non-hydrogen) atoms. The van der Waals surface area contributed by atoms with Gasteiger partial charge in [0.1, 0.15) is 5.75 Å². The molecule has 0 saturated carbocycles. The monoisotopic (exact) mass is 262 g/mol. The summed E-state index contributed by atoms with van der Waals surface area (Å²) in [5.74, 6) is 0.620. The summed E-state index contributed by atoms with van der Waals surface area (Å²) in [6.07, 6.45) is 0.452. The van der Waals surface area contributed by atoms with Gasteiger partial charge in [-0.25, -0.2) is 0 Å². The lowest BCUT2D eigenvalue weighted by atomic mass is 10.2. The molecule has 100 valence electrons. The molecule has 0 aliphatic heterocycles. The van der Waals surface area contributed by atoms with E-state index in [-0.39, 0.29) is 17.3 Å². The van der Waals surface area contributed by atoms with Crippen LogP contribution in [0.25, 0.3) is 0 Å². The summed E-state index contributed by atoms with van der Waals surface area (Å²) in [6.45, 7) is 2.09. The molecule has 0 aliphatic rings. The minimum atomic E-state index is -0.300. The molecular formula is C12H14N4O3. The van der Waals surface area contributed by atoms with Crippen molar-refractivity contribution in [2.24, 2.45) is 0 Å². The van der Waals surface area contributed by atoms with E-state index in [0.29, 0.717) is 30.2 Å². The number of carbonyl (C=O) groups excluding carboxylic acids is 1. The maximum absolute atomic E-state index is 11.8. The number of nitrogens with two attached hydrogens (primary N) is 1. The molecule has 0 unspecified atom stereocenters. The second kappa shape index (κ2) is 5.38. The van der Waals surface area contributed by atoms with E-state index >= 15 is 0 Å². The zero-order chi connectivity index (χ0) is 13.8. The van der Waals surface area contributed by atoms with E-state index in [1.165, 1.54) is 12.1 Å². The molecule has 0 aliphatic carbocycles. The predicted molar refractivity (Wildman–Crippen MR) is 67.6 cm³/mol. The molecule has 2 aromatic rings. The normalized spacial score (nSPS) is 10.4. The van der Waals surface area contributed by atoms with Gasteiger partial charge in [-0.3, -0.25) is 4.79 Å². The molecule has 0 radical (unpaired) electrons. The number of nitrogens with one attached hydrogen (secondary N) is 1. The number of rotatable bonds is 4. The Bertz CT molecular complexity index is 594. The molecule has 1 amide bonds. The van der Waals surface area contributed by atoms with E-state index in [1.807, 2.05) is 0 Å². The highest BCUT2D eigenvalue weighted by atomic mass is 16.5. The third-order valence-corrected chi connectivity index (χ3v) is 2.49. The highest BCUT2D eigenvalue weighted by Crippen LogP contribution is 2.20. The number of anilines is 1. The van der Waals surface area contributed by atoms with Crippen molar-refractivity contribution in [3.63, 3.8) is 0 Å². The quantitative estimate of drug-likeness (QED) is 0.550. The third kappa shape index (κ3) is 3.21. The van der Waals surface area contributed by atoms with Crippen LogP contribution in [0, 0.1) is 6.92 Å². The van der Waals surface area contributed by atoms with Crippen LogP contribution in [0.4, 0.5) is 5.69 Å². The zero-order valence-corrected chi connectivity index (χ0v) is 10.4. The molecule has 0 fully saturated rings. The molecule has 0 bridgehead atoms. The van der Waals surface area contributed by atoms with Gasteiger partial charge in [-0.15, -0.1) is 0 Å². The fourth-order valence-corrected chi connectivity index (χ4v) is 1.51. The number of hydrogen-bond donors (Lipinski definition) is 3. The average molecular weight is 262 g/mol. The molecule has 7 nitrogen and oxygen atoms in total. The van der Waals surface area contributed by atoms with Crippen LogP contribution >= 0.6 is 0 Å². The van der Waals surface area contributed by atoms with Crippen molar-refractivity contribution < 1.29 is 14.4 Å². The maximum Gasteiger partial charge on any atom is 0.251 e. The number of nitrogens with zero attached hydrogens (tertiary/aromatic N) is 2. The van der Waals surface area contributed by atoms with Gasteiger partial charge in [0.2, 0.25) is 5.89 Å². The Kier molecular flexibility index (Phi) is 3.65. The largest absolute Gasteiger partial charge is 0.506 e. The summed E-state index contributed by atoms with van der Waals surface area (Å²) in [4.78, 5) is 15.8. The number of phenols is 1. The van der Waals surface area contributed by atoms with E-state index < -0.39 is 0 Å². The van der Waals surface area contributed by atoms with Crippen molar-refractivity contribution in [1.29, 1.82) is 0 Å². The fraction of sp³-hybridized carbons (Fsp3) is 0.250. The first kappa shape index (κ1) is 12.9. The lowest BCUT2D eigenvalue weighted by Gasteiger charge is -2.05. The molecule has 4 N–H and O–H groups in total. The standard InChI is InChI=1S/C12H14N4O3/c1-7-15-11(19-16-7)4-5-14-12(18)8-2-3-9(13)10(17)6-8/h2-3,6,17H,4-5,13H2,1H3,(H,14,18). The van der Waals surface area contributed by atoms with Crippen molar-refractivity contribution in [3.8, 4) is 5.75 Å². The van der Waals surface area contributed by atoms with Crippen LogP contribution < -0.4 is 11.1 Å². The zero-order valence-electron chi connectivity index (χ0n) is 10.4. The molecule has 0 atom stereocenters. The van der Waals surface area contributed by atoms with Crippen LogP contribution in [-0.4, -0.2) is 27.7 Å². The second-order valence-corrected chi connectivity index (χ2v) is 4.01. The minimum absolute atomic E-state index is 0.111. The number of benzene rings is 1. The molecular weight excluding hydrogens is 248 g/mol. The van der Waals surface area contributed by atoms with E-state index in [0.717, 1.165) is 0 Å². The summed E-state index contributed by atoms with van der Waals surface area (Å²) in [6, 6.07) is 4.34. The van der Waals surface area contributed by atoms with Crippen LogP contribution in [0.3, 0.4) is 0 Å². The van der Waals surface area contributed by atoms with Crippen LogP contribution in [-0.2, 0) is 6.42 Å². The molecule has 0 spiro atoms. The number of hydrogen-bond acceptors (Lipinski definition) is 6. The first-order chi connectivity index (χ1) is 9.06. The molecule has 1 aromatic heterocycles. The van der Waals surface area contributed by atoms with Gasteiger partial charge in [-0.1, -0.05) is 5.16 Å². The minimum Gasteiger partial charge on any atom is -0.506 e. The number of aromatic nitrogens is 2. The number of aryl methyl sites for hydroxylation is 1. The van der Waals surface area contributed by atoms with Gasteiger partial charge < -0.3 is 20.7 Å². The lowest BCUT2D eigenvalue weighted by Crippen LogP contribution is -2.25. The van der Waals surface area contributed by atoms with E-state index in [2.05, 4.69) is 15.5 Å². The van der Waals surface area contributed by atoms with Crippen LogP contribution in [0.1, 0.15) is 22.1 Å². The first-order valence-electron chi connectivity index (χ1n) is 5.72. The Labute approximate surface area is 109 Å². The summed E-state index contributed by atoms with van der Waals surface area (Å²) in [5.41, 5.74) is 6.03. The number of carbonyl (C=O) groups is 1. The topological polar surface area (TPSA) is 114 Å². The van der Waals surface area contributed by atoms with E-state index in [9.17, 15) is 9.90 Å². The van der Waals surface area contributed by atoms with Crippen LogP contribution in [0.5, 0.6) is 5.75 Å². The average Bonchev–Trinajstić information content (AvgIpc) is 2.78. The number of phenolic OH excluding ortho intramolecular Hbond substituents is 1. The van der Waals surface area contributed by atoms with Gasteiger partial charge in [0, 0.05) is 18.5 Å². The highest BCUT2D eigenvalue weighted by molar-refractivity contribution is 5.95. The highest BCUT2D eigenvalue weighted by Gasteiger charge is 2.08. The Morgan fingerprint density at radius 1 is 1.53 bits per heavy atom. The Morgan fingerprint density at radius 3 is 2.95 bits per heavy atom. The van der Waals surface area contributed by atoms with Crippen molar-refractivity contribution >= 4 is 11.6 Å². The van der Waals surface area contributed by atoms with Gasteiger partial charge in [0.05, 0.1) is 5.69 Å². The maximum atomic E-state index is 11.8. The lowest BCUT2D eigenvalue weighted by molar-refractivity contribution is 0.0953. The summed E-state index contributed by atoms with van der Waals surface area (Å²) >= 11 is 0. The van der Waals surface area contributed by atoms with Crippen molar-refractivity contribution in [1.82, 2.24) is 15.5 Å². The SMILES string of the molecule is Cc1noc(CCNC(=O)c2ccc(N)c(O)c2)n1. The van der Waals surface area contributed by atoms with Crippen LogP contribution in [0.2, 0.25) is 0 Å². The third-order valence-electron chi connectivity index (χ3n) is 2.49. The van der Waals surface area contributed by atoms with Crippen molar-refractivity contribution in [3.05, 3.63) is 35.5 Å². The number of aromatic hydroxyl groups is 1. The van der Waals surface area contributed by atoms with Gasteiger partial charge in [0.15, 0.2) is 5.82 Å². The summed E-state index contributed by atoms with van der Waals surface area (Å²) in [5, 5.41) is 15.7. The van der Waals surface area contributed by atoms with E-state index in [4.69, 9.17) is 10.3 Å². The summed E-state index contributed by atoms with van der Waals surface area (Å²) in [7, 11) is 0. The van der Waals surface area contributed by atoms with Gasteiger partial charge in [0.25, 0.3) is 5.91 Å². The molecule has 1 heterocycles. The Hall–Kier alpha value is -2.57. The fourth-order valence-electron chi connectivity index (χ4n) is 1.51.